The van der Waals surface area contributed by atoms with E-state index >= 15 is 0 Å². The van der Waals surface area contributed by atoms with Crippen LogP contribution in [0.15, 0.2) is 67.9 Å². The van der Waals surface area contributed by atoms with Gasteiger partial charge in [-0.2, -0.15) is 4.99 Å². The van der Waals surface area contributed by atoms with Gasteiger partial charge in [0, 0.05) is 15.9 Å². The van der Waals surface area contributed by atoms with Gasteiger partial charge in [-0.1, -0.05) is 51.4 Å². The van der Waals surface area contributed by atoms with Crippen molar-refractivity contribution in [3.05, 3.63) is 58.0 Å². The summed E-state index contributed by atoms with van der Waals surface area (Å²) in [5.74, 6) is 0.0331. The molecular weight excluding hydrogens is 436 g/mol. The highest BCUT2D eigenvalue weighted by Gasteiger charge is 2.23. The lowest BCUT2D eigenvalue weighted by molar-refractivity contribution is -0.111. The average molecular weight is 452 g/mol. The standard InChI is InChI=1S/C18H16BrClN4OS/c1-2-24-11-21-18(26-13-9-7-12(19)8-10-13)23-16(24)17(25)22-15-6-4-3-5-14(15)20/h3-10H,2,11H2,1H3,(H,22,25). The first-order valence-electron chi connectivity index (χ1n) is 7.94. The quantitative estimate of drug-likeness (QED) is 0.721. The number of nitrogens with one attached hydrogen (secondary N) is 1. The maximum absolute atomic E-state index is 12.7. The van der Waals surface area contributed by atoms with Gasteiger partial charge in [0.25, 0.3) is 5.91 Å². The number of rotatable bonds is 4. The fourth-order valence-corrected chi connectivity index (χ4v) is 3.44. The molecule has 5 nitrogen and oxygen atoms in total. The molecule has 2 aromatic rings. The van der Waals surface area contributed by atoms with Crippen LogP contribution in [0.2, 0.25) is 5.02 Å². The van der Waals surface area contributed by atoms with Crippen molar-refractivity contribution in [2.45, 2.75) is 11.8 Å². The number of aliphatic imine (C=N–C) groups is 2. The predicted octanol–water partition coefficient (Wildman–Crippen LogP) is 4.88. The van der Waals surface area contributed by atoms with Gasteiger partial charge in [0.2, 0.25) is 0 Å². The van der Waals surface area contributed by atoms with Crippen molar-refractivity contribution in [3.63, 3.8) is 0 Å². The number of likely N-dealkylation sites (N-methyl/N-ethyl adjacent to an activating group) is 1. The Morgan fingerprint density at radius 2 is 2.00 bits per heavy atom. The van der Waals surface area contributed by atoms with Crippen molar-refractivity contribution < 1.29 is 4.79 Å². The second kappa shape index (κ2) is 8.70. The molecular formula is C18H16BrClN4OS. The lowest BCUT2D eigenvalue weighted by Gasteiger charge is -2.25. The molecule has 3 rings (SSSR count). The van der Waals surface area contributed by atoms with Crippen molar-refractivity contribution in [1.29, 1.82) is 0 Å². The summed E-state index contributed by atoms with van der Waals surface area (Å²) >= 11 is 11.0. The van der Waals surface area contributed by atoms with E-state index in [0.29, 0.717) is 34.9 Å². The molecule has 1 heterocycles. The highest BCUT2D eigenvalue weighted by molar-refractivity contribution is 9.10. The Balaban J connectivity index is 1.79. The van der Waals surface area contributed by atoms with E-state index < -0.39 is 0 Å². The predicted molar refractivity (Wildman–Crippen MR) is 112 cm³/mol. The maximum atomic E-state index is 12.7. The molecule has 1 N–H and O–H groups in total. The summed E-state index contributed by atoms with van der Waals surface area (Å²) in [7, 11) is 0. The Bertz CT molecular complexity index is 870. The lowest BCUT2D eigenvalue weighted by Crippen LogP contribution is -2.42. The summed E-state index contributed by atoms with van der Waals surface area (Å²) in [6, 6.07) is 15.0. The summed E-state index contributed by atoms with van der Waals surface area (Å²) in [5, 5.41) is 3.86. The van der Waals surface area contributed by atoms with Gasteiger partial charge >= 0.3 is 0 Å². The van der Waals surface area contributed by atoms with Gasteiger partial charge in [-0.3, -0.25) is 4.79 Å². The van der Waals surface area contributed by atoms with Crippen LogP contribution < -0.4 is 5.32 Å². The Morgan fingerprint density at radius 3 is 2.69 bits per heavy atom. The molecule has 1 amide bonds. The Kier molecular flexibility index (Phi) is 6.34. The number of anilines is 1. The van der Waals surface area contributed by atoms with Crippen molar-refractivity contribution in [3.8, 4) is 0 Å². The van der Waals surface area contributed by atoms with Crippen LogP contribution in [0.5, 0.6) is 0 Å². The number of nitrogens with zero attached hydrogens (tertiary/aromatic N) is 3. The van der Waals surface area contributed by atoms with Gasteiger partial charge in [-0.15, -0.1) is 0 Å². The number of benzene rings is 2. The molecule has 0 saturated carbocycles. The number of carbonyl (C=O) groups is 1. The van der Waals surface area contributed by atoms with Gasteiger partial charge in [0.15, 0.2) is 11.0 Å². The number of thioether (sulfide) groups is 1. The first kappa shape index (κ1) is 18.9. The molecule has 0 unspecified atom stereocenters. The molecule has 0 saturated heterocycles. The molecule has 0 atom stereocenters. The van der Waals surface area contributed by atoms with Crippen molar-refractivity contribution in [2.75, 3.05) is 18.5 Å². The molecule has 1 aliphatic rings. The van der Waals surface area contributed by atoms with Gasteiger partial charge < -0.3 is 10.2 Å². The number of amidine groups is 2. The molecule has 0 fully saturated rings. The van der Waals surface area contributed by atoms with E-state index in [2.05, 4.69) is 31.2 Å². The van der Waals surface area contributed by atoms with Crippen LogP contribution in [0.25, 0.3) is 0 Å². The Morgan fingerprint density at radius 1 is 1.27 bits per heavy atom. The molecule has 0 bridgehead atoms. The summed E-state index contributed by atoms with van der Waals surface area (Å²) in [4.78, 5) is 24.5. The van der Waals surface area contributed by atoms with Crippen LogP contribution in [-0.2, 0) is 4.79 Å². The summed E-state index contributed by atoms with van der Waals surface area (Å²) in [5.41, 5.74) is 0.558. The van der Waals surface area contributed by atoms with Crippen molar-refractivity contribution in [2.24, 2.45) is 9.98 Å². The minimum absolute atomic E-state index is 0.302. The normalized spacial score (nSPS) is 13.9. The third kappa shape index (κ3) is 4.66. The molecule has 0 aliphatic carbocycles. The van der Waals surface area contributed by atoms with Crippen LogP contribution >= 0.6 is 39.3 Å². The van der Waals surface area contributed by atoms with Gasteiger partial charge in [0.1, 0.15) is 6.67 Å². The van der Waals surface area contributed by atoms with Crippen LogP contribution in [0.1, 0.15) is 6.92 Å². The van der Waals surface area contributed by atoms with E-state index in [9.17, 15) is 4.79 Å². The summed E-state index contributed by atoms with van der Waals surface area (Å²) in [6.07, 6.45) is 0. The monoisotopic (exact) mass is 450 g/mol. The van der Waals surface area contributed by atoms with Crippen LogP contribution in [0.4, 0.5) is 5.69 Å². The smallest absolute Gasteiger partial charge is 0.291 e. The van der Waals surface area contributed by atoms with Crippen LogP contribution in [-0.4, -0.2) is 35.0 Å². The zero-order valence-electron chi connectivity index (χ0n) is 13.9. The SMILES string of the molecule is CCN1CN=C(Sc2ccc(Br)cc2)N=C1C(=O)Nc1ccccc1Cl. The van der Waals surface area contributed by atoms with E-state index in [0.717, 1.165) is 9.37 Å². The average Bonchev–Trinajstić information content (AvgIpc) is 2.65. The molecule has 134 valence electrons. The van der Waals surface area contributed by atoms with E-state index in [4.69, 9.17) is 11.6 Å². The molecule has 8 heteroatoms. The highest BCUT2D eigenvalue weighted by atomic mass is 79.9. The minimum atomic E-state index is -0.302. The lowest BCUT2D eigenvalue weighted by atomic mass is 10.3. The Labute approximate surface area is 169 Å². The van der Waals surface area contributed by atoms with E-state index in [1.165, 1.54) is 11.8 Å². The Hall–Kier alpha value is -1.83. The first-order chi connectivity index (χ1) is 12.6. The number of para-hydroxylation sites is 1. The first-order valence-corrected chi connectivity index (χ1v) is 9.93. The fraction of sp³-hybridized carbons (Fsp3) is 0.167. The van der Waals surface area contributed by atoms with Crippen LogP contribution in [0, 0.1) is 0 Å². The fourth-order valence-electron chi connectivity index (χ4n) is 2.26. The molecule has 1 aliphatic heterocycles. The largest absolute Gasteiger partial charge is 0.333 e. The second-order valence-electron chi connectivity index (χ2n) is 5.36. The van der Waals surface area contributed by atoms with Gasteiger partial charge in [-0.05, 0) is 43.3 Å². The van der Waals surface area contributed by atoms with E-state index in [1.807, 2.05) is 48.2 Å². The van der Waals surface area contributed by atoms with Crippen molar-refractivity contribution in [1.82, 2.24) is 4.90 Å². The zero-order valence-corrected chi connectivity index (χ0v) is 17.1. The molecule has 2 aromatic carbocycles. The highest BCUT2D eigenvalue weighted by Crippen LogP contribution is 2.25. The number of hydrogen-bond acceptors (Lipinski definition) is 5. The number of carbonyl (C=O) groups excluding carboxylic acids is 1. The number of halogens is 2. The minimum Gasteiger partial charge on any atom is -0.333 e. The maximum Gasteiger partial charge on any atom is 0.291 e. The van der Waals surface area contributed by atoms with Gasteiger partial charge in [0.05, 0.1) is 10.7 Å². The third-order valence-electron chi connectivity index (χ3n) is 3.61. The summed E-state index contributed by atoms with van der Waals surface area (Å²) < 4.78 is 1.01. The van der Waals surface area contributed by atoms with Gasteiger partial charge in [-0.25, -0.2) is 4.99 Å². The third-order valence-corrected chi connectivity index (χ3v) is 5.38. The van der Waals surface area contributed by atoms with E-state index in [-0.39, 0.29) is 5.91 Å². The molecule has 0 radical (unpaired) electrons. The second-order valence-corrected chi connectivity index (χ2v) is 7.73. The van der Waals surface area contributed by atoms with Crippen LogP contribution in [0.3, 0.4) is 0 Å². The zero-order chi connectivity index (χ0) is 18.5. The van der Waals surface area contributed by atoms with Crippen molar-refractivity contribution >= 4 is 61.9 Å². The number of amides is 1. The molecule has 26 heavy (non-hydrogen) atoms. The molecule has 0 spiro atoms. The number of hydrogen-bond donors (Lipinski definition) is 1. The van der Waals surface area contributed by atoms with E-state index in [1.54, 1.807) is 12.1 Å². The topological polar surface area (TPSA) is 57.1 Å². The molecule has 0 aromatic heterocycles. The summed E-state index contributed by atoms with van der Waals surface area (Å²) in [6.45, 7) is 2.99.